The van der Waals surface area contributed by atoms with Gasteiger partial charge in [0.1, 0.15) is 53.5 Å². The van der Waals surface area contributed by atoms with Gasteiger partial charge in [-0.2, -0.15) is 5.48 Å². The molecule has 574 valence electrons. The van der Waals surface area contributed by atoms with Crippen molar-refractivity contribution in [3.8, 4) is 22.6 Å². The lowest BCUT2D eigenvalue weighted by molar-refractivity contribution is -0.183. The van der Waals surface area contributed by atoms with Crippen molar-refractivity contribution < 1.29 is 115 Å². The van der Waals surface area contributed by atoms with Gasteiger partial charge in [-0.15, -0.1) is 5.06 Å². The standard InChI is InChI=1S/C25H24O4.C11H12FNO2.C10H10FNO3.C10H17NO6.C9H12O2.C6H11NO3.C4H10.C2H4O2/c1-2-28-19-13-11-18(12-14-19)15-27-17-25(26)29-16-24-22-9-5-3-7-20(22)21-8-4-6-10-23(21)24;1-8(14)6-7-13-11(15)9-2-4-10(12)5-3-9;11-8-3-1-7(2-4-8)10(15)12-6-5-9(13)14;1-7(12)17-11(6-5-8(13)14)9(15)16-10(2,3)4;1-2-11-9-5-3-8(7-10)4-6-9;1-5(8)3-4-7-10-6(2)9;1-4(2)3;1-2(3)4/h3-14,24H,2,15-17H2,1H3;2-5H,6-7H2,1H3,(H,13,15);1-4H,5-6H2,(H,12,15)(H,13,14);5-6H2,1-4H3,(H,13,14);3-6,10H,2,7H2,1H3;7H,3-4H2,1-2H3;4H,1-3H3;1H3,(H,3,4). The summed E-state index contributed by atoms with van der Waals surface area (Å²) in [5.41, 5.74) is 9.03. The zero-order valence-electron chi connectivity index (χ0n) is 61.8. The van der Waals surface area contributed by atoms with Gasteiger partial charge in [0.05, 0.1) is 45.8 Å². The third-order valence-corrected chi connectivity index (χ3v) is 12.3. The molecule has 28 heteroatoms. The second kappa shape index (κ2) is 53.8. The first kappa shape index (κ1) is 94.0. The number of benzene rings is 6. The van der Waals surface area contributed by atoms with Gasteiger partial charge in [0.15, 0.2) is 0 Å². The van der Waals surface area contributed by atoms with E-state index in [-0.39, 0.29) is 74.3 Å². The Balaban J connectivity index is 0.00000126. The minimum absolute atomic E-state index is 0.0226. The number of hydroxylamine groups is 3. The number of aliphatic hydroxyl groups excluding tert-OH is 1. The maximum absolute atomic E-state index is 12.5. The lowest BCUT2D eigenvalue weighted by Gasteiger charge is -2.25. The predicted octanol–water partition coefficient (Wildman–Crippen LogP) is 12.1. The lowest BCUT2D eigenvalue weighted by atomic mass is 9.98. The molecule has 0 unspecified atom stereocenters. The second-order valence-electron chi connectivity index (χ2n) is 23.8. The third-order valence-electron chi connectivity index (χ3n) is 12.3. The molecule has 0 saturated heterocycles. The summed E-state index contributed by atoms with van der Waals surface area (Å²) in [7, 11) is 0. The Morgan fingerprint density at radius 3 is 1.33 bits per heavy atom. The first-order valence-electron chi connectivity index (χ1n) is 33.3. The molecule has 1 aliphatic carbocycles. The lowest BCUT2D eigenvalue weighted by Crippen LogP contribution is -2.39. The highest BCUT2D eigenvalue weighted by molar-refractivity contribution is 5.95. The van der Waals surface area contributed by atoms with Gasteiger partial charge in [0.25, 0.3) is 17.8 Å². The highest BCUT2D eigenvalue weighted by Crippen LogP contribution is 2.44. The Kier molecular flexibility index (Phi) is 48.2. The topological polar surface area (TPSA) is 373 Å². The number of nitrogens with zero attached hydrogens (tertiary/aromatic N) is 1. The molecule has 0 fully saturated rings. The number of carbonyl (C=O) groups is 11. The van der Waals surface area contributed by atoms with Crippen LogP contribution < -0.4 is 25.6 Å². The van der Waals surface area contributed by atoms with Crippen molar-refractivity contribution in [2.45, 2.75) is 140 Å². The van der Waals surface area contributed by atoms with Crippen molar-refractivity contribution in [1.29, 1.82) is 0 Å². The molecule has 0 aromatic heterocycles. The van der Waals surface area contributed by atoms with Crippen LogP contribution in [0.4, 0.5) is 13.6 Å². The van der Waals surface area contributed by atoms with Crippen LogP contribution in [0, 0.1) is 17.6 Å². The van der Waals surface area contributed by atoms with Gasteiger partial charge in [-0.1, -0.05) is 93.6 Å². The second-order valence-corrected chi connectivity index (χ2v) is 23.8. The Hall–Kier alpha value is -11.0. The van der Waals surface area contributed by atoms with Crippen LogP contribution in [0.3, 0.4) is 0 Å². The van der Waals surface area contributed by atoms with Gasteiger partial charge in [-0.3, -0.25) is 43.2 Å². The number of nitrogens with one attached hydrogen (secondary N) is 3. The fourth-order valence-corrected chi connectivity index (χ4v) is 7.88. The minimum Gasteiger partial charge on any atom is -0.494 e. The van der Waals surface area contributed by atoms with Gasteiger partial charge in [-0.05, 0) is 161 Å². The summed E-state index contributed by atoms with van der Waals surface area (Å²) < 4.78 is 51.7. The zero-order chi connectivity index (χ0) is 79.5. The molecule has 26 nitrogen and oxygen atoms in total. The molecule has 6 aromatic carbocycles. The van der Waals surface area contributed by atoms with Gasteiger partial charge in [0, 0.05) is 70.3 Å². The Bertz CT molecular complexity index is 3460. The third kappa shape index (κ3) is 47.8. The minimum atomic E-state index is -1.11. The molecule has 3 amide bonds. The predicted molar refractivity (Wildman–Crippen MR) is 386 cm³/mol. The normalized spacial score (nSPS) is 10.3. The number of hydrogen-bond acceptors (Lipinski definition) is 20. The number of aliphatic hydroxyl groups is 1. The van der Waals surface area contributed by atoms with E-state index in [4.69, 9.17) is 48.9 Å². The molecule has 0 aliphatic heterocycles. The van der Waals surface area contributed by atoms with E-state index >= 15 is 0 Å². The number of Topliss-reactive ketones (excluding diaryl/α,β-unsaturated/α-hetero) is 2. The van der Waals surface area contributed by atoms with Crippen molar-refractivity contribution in [3.63, 3.8) is 0 Å². The van der Waals surface area contributed by atoms with Gasteiger partial charge < -0.3 is 64.4 Å². The van der Waals surface area contributed by atoms with E-state index in [1.165, 1.54) is 91.6 Å². The van der Waals surface area contributed by atoms with Crippen LogP contribution in [0.25, 0.3) is 11.1 Å². The number of ketones is 2. The number of amides is 3. The summed E-state index contributed by atoms with van der Waals surface area (Å²) in [6.45, 7) is 24.3. The van der Waals surface area contributed by atoms with E-state index < -0.39 is 53.3 Å². The van der Waals surface area contributed by atoms with E-state index in [0.29, 0.717) is 68.5 Å². The molecule has 0 spiro atoms. The maximum Gasteiger partial charge on any atom is 0.443 e. The summed E-state index contributed by atoms with van der Waals surface area (Å²) in [6.07, 6.45) is -0.673. The Morgan fingerprint density at radius 1 is 0.543 bits per heavy atom. The summed E-state index contributed by atoms with van der Waals surface area (Å²) in [6, 6.07) is 41.9. The molecule has 0 radical (unpaired) electrons. The number of hydrogen-bond donors (Lipinski definition) is 7. The quantitative estimate of drug-likeness (QED) is 0.0115. The van der Waals surface area contributed by atoms with Gasteiger partial charge in [0.2, 0.25) is 0 Å². The van der Waals surface area contributed by atoms with Crippen LogP contribution in [-0.4, -0.2) is 149 Å². The Labute approximate surface area is 611 Å². The number of carbonyl (C=O) groups excluding carboxylic acids is 8. The molecule has 0 atom stereocenters. The largest absolute Gasteiger partial charge is 0.494 e. The van der Waals surface area contributed by atoms with Crippen molar-refractivity contribution >= 4 is 65.3 Å². The molecular formula is C77H100F2N4O22. The molecule has 7 rings (SSSR count). The highest BCUT2D eigenvalue weighted by atomic mass is 19.1. The van der Waals surface area contributed by atoms with Crippen LogP contribution in [0.2, 0.25) is 0 Å². The Morgan fingerprint density at radius 2 is 0.952 bits per heavy atom. The number of carboxylic acid groups (broad SMARTS) is 3. The number of fused-ring (bicyclic) bond motifs is 3. The molecule has 0 heterocycles. The smallest absolute Gasteiger partial charge is 0.443 e. The highest BCUT2D eigenvalue weighted by Gasteiger charge is 2.29. The van der Waals surface area contributed by atoms with Crippen molar-refractivity contribution in [3.05, 3.63) is 191 Å². The first-order chi connectivity index (χ1) is 49.5. The molecule has 7 N–H and O–H groups in total. The van der Waals surface area contributed by atoms with Crippen LogP contribution in [0.5, 0.6) is 11.5 Å². The fourth-order valence-electron chi connectivity index (χ4n) is 7.88. The molecular weight excluding hydrogens is 1370 g/mol. The SMILES string of the molecule is CC(=O)CCNC(=O)c1ccc(F)cc1.CC(=O)CCNOC(C)=O.CC(=O)O.CC(=O)ON(CCC(=O)O)C(=O)OC(C)(C)C.CC(C)C.CCOc1ccc(CO)cc1.CCOc1ccc(COCC(=O)OCC2c3ccccc3-c3ccccc32)cc1.O=C(O)CCNC(=O)c1ccc(F)cc1. The van der Waals surface area contributed by atoms with E-state index in [9.17, 15) is 56.7 Å². The number of esters is 1. The molecule has 105 heavy (non-hydrogen) atoms. The van der Waals surface area contributed by atoms with Crippen LogP contribution in [0.15, 0.2) is 146 Å². The number of rotatable bonds is 26. The molecule has 0 bridgehead atoms. The van der Waals surface area contributed by atoms with E-state index in [0.717, 1.165) is 42.4 Å². The van der Waals surface area contributed by atoms with Crippen LogP contribution in [0.1, 0.15) is 165 Å². The summed E-state index contributed by atoms with van der Waals surface area (Å²) in [5, 5.41) is 38.5. The zero-order valence-corrected chi connectivity index (χ0v) is 61.8. The molecule has 1 aliphatic rings. The fraction of sp³-hybridized carbons (Fsp3) is 0.390. The maximum atomic E-state index is 12.5. The molecule has 0 saturated carbocycles. The summed E-state index contributed by atoms with van der Waals surface area (Å²) in [4.78, 5) is 127. The number of ether oxygens (including phenoxy) is 5. The first-order valence-corrected chi connectivity index (χ1v) is 33.3. The summed E-state index contributed by atoms with van der Waals surface area (Å²) in [5.74, 6) is -3.22. The summed E-state index contributed by atoms with van der Waals surface area (Å²) >= 11 is 0. The van der Waals surface area contributed by atoms with E-state index in [1.807, 2.05) is 86.6 Å². The van der Waals surface area contributed by atoms with E-state index in [2.05, 4.69) is 70.8 Å². The van der Waals surface area contributed by atoms with Crippen molar-refractivity contribution in [1.82, 2.24) is 21.2 Å². The number of halogens is 2. The molecule has 6 aromatic rings. The van der Waals surface area contributed by atoms with Crippen molar-refractivity contribution in [2.24, 2.45) is 5.92 Å². The average Bonchev–Trinajstić information content (AvgIpc) is 1.62. The van der Waals surface area contributed by atoms with Crippen molar-refractivity contribution in [2.75, 3.05) is 52.6 Å². The van der Waals surface area contributed by atoms with Gasteiger partial charge in [-0.25, -0.2) is 18.4 Å². The van der Waals surface area contributed by atoms with Gasteiger partial charge >= 0.3 is 35.9 Å². The average molecular weight is 1470 g/mol. The number of carboxylic acids is 3. The number of aliphatic carboxylic acids is 3. The monoisotopic (exact) mass is 1470 g/mol. The van der Waals surface area contributed by atoms with E-state index in [1.54, 1.807) is 20.8 Å². The van der Waals surface area contributed by atoms with Crippen LogP contribution >= 0.6 is 0 Å². The van der Waals surface area contributed by atoms with Crippen LogP contribution in [-0.2, 0) is 75.5 Å².